The maximum Gasteiger partial charge on any atom is 0.244 e. The fourth-order valence-electron chi connectivity index (χ4n) is 3.26. The maximum atomic E-state index is 12.7. The molecule has 0 saturated carbocycles. The molecule has 146 valence electrons. The molecule has 0 unspecified atom stereocenters. The second-order valence-electron chi connectivity index (χ2n) is 6.83. The molecule has 0 atom stereocenters. The third-order valence-corrected chi connectivity index (χ3v) is 6.70. The molecule has 1 aliphatic rings. The first-order chi connectivity index (χ1) is 13.6. The highest BCUT2D eigenvalue weighted by Crippen LogP contribution is 2.21. The molecule has 1 N–H and O–H groups in total. The van der Waals surface area contributed by atoms with Crippen molar-refractivity contribution in [3.05, 3.63) is 66.6 Å². The van der Waals surface area contributed by atoms with Gasteiger partial charge in [-0.2, -0.15) is 9.40 Å². The molecule has 1 aliphatic heterocycles. The molecule has 0 radical (unpaired) electrons. The summed E-state index contributed by atoms with van der Waals surface area (Å²) in [5.74, 6) is 0.630. The highest BCUT2D eigenvalue weighted by molar-refractivity contribution is 7.89. The molecule has 1 saturated heterocycles. The van der Waals surface area contributed by atoms with Gasteiger partial charge < -0.3 is 5.32 Å². The average Bonchev–Trinajstić information content (AvgIpc) is 3.23. The number of benzene rings is 1. The number of pyridine rings is 1. The Morgan fingerprint density at radius 3 is 2.46 bits per heavy atom. The maximum absolute atomic E-state index is 12.7. The third kappa shape index (κ3) is 4.07. The number of hydrogen-bond donors (Lipinski definition) is 1. The lowest BCUT2D eigenvalue weighted by molar-refractivity contribution is 0.346. The SMILES string of the molecule is O=S(=O)(c1ccc(NCc2cnn(-c3ccccc3)c2)nc1)N1CCCCC1. The number of hydrogen-bond acceptors (Lipinski definition) is 5. The van der Waals surface area contributed by atoms with Crippen LogP contribution in [0.2, 0.25) is 0 Å². The van der Waals surface area contributed by atoms with Gasteiger partial charge in [-0.3, -0.25) is 0 Å². The van der Waals surface area contributed by atoms with Gasteiger partial charge in [-0.25, -0.2) is 18.1 Å². The van der Waals surface area contributed by atoms with Gasteiger partial charge in [0.15, 0.2) is 0 Å². The van der Waals surface area contributed by atoms with E-state index in [0.29, 0.717) is 25.5 Å². The Bertz CT molecular complexity index is 1010. The van der Waals surface area contributed by atoms with E-state index in [2.05, 4.69) is 15.4 Å². The summed E-state index contributed by atoms with van der Waals surface area (Å²) in [6.45, 7) is 1.74. The van der Waals surface area contributed by atoms with E-state index in [1.807, 2.05) is 41.2 Å². The highest BCUT2D eigenvalue weighted by Gasteiger charge is 2.26. The van der Waals surface area contributed by atoms with Crippen molar-refractivity contribution in [3.63, 3.8) is 0 Å². The van der Waals surface area contributed by atoms with Gasteiger partial charge in [0.2, 0.25) is 10.0 Å². The van der Waals surface area contributed by atoms with Gasteiger partial charge in [0, 0.05) is 37.6 Å². The fourth-order valence-corrected chi connectivity index (χ4v) is 4.72. The zero-order valence-electron chi connectivity index (χ0n) is 15.5. The summed E-state index contributed by atoms with van der Waals surface area (Å²) in [4.78, 5) is 4.52. The average molecular weight is 398 g/mol. The van der Waals surface area contributed by atoms with Gasteiger partial charge >= 0.3 is 0 Å². The van der Waals surface area contributed by atoms with E-state index in [1.54, 1.807) is 22.6 Å². The number of nitrogens with zero attached hydrogens (tertiary/aromatic N) is 4. The Hall–Kier alpha value is -2.71. The summed E-state index contributed by atoms with van der Waals surface area (Å²) in [6.07, 6.45) is 8.12. The lowest BCUT2D eigenvalue weighted by Crippen LogP contribution is -2.35. The third-order valence-electron chi connectivity index (χ3n) is 4.82. The molecule has 2 aromatic heterocycles. The van der Waals surface area contributed by atoms with Crippen LogP contribution in [0.25, 0.3) is 5.69 Å². The summed E-state index contributed by atoms with van der Waals surface area (Å²) in [6, 6.07) is 13.2. The molecule has 0 bridgehead atoms. The number of sulfonamides is 1. The first-order valence-electron chi connectivity index (χ1n) is 9.42. The summed E-state index contributed by atoms with van der Waals surface area (Å²) < 4.78 is 28.7. The van der Waals surface area contributed by atoms with Crippen molar-refractivity contribution in [1.82, 2.24) is 19.1 Å². The molecule has 3 heterocycles. The van der Waals surface area contributed by atoms with Crippen LogP contribution in [0.15, 0.2) is 66.0 Å². The van der Waals surface area contributed by atoms with Crippen molar-refractivity contribution < 1.29 is 8.42 Å². The van der Waals surface area contributed by atoms with Crippen LogP contribution in [0.1, 0.15) is 24.8 Å². The Kier molecular flexibility index (Phi) is 5.40. The van der Waals surface area contributed by atoms with E-state index < -0.39 is 10.0 Å². The molecule has 3 aromatic rings. The molecule has 28 heavy (non-hydrogen) atoms. The molecule has 0 spiro atoms. The summed E-state index contributed by atoms with van der Waals surface area (Å²) >= 11 is 0. The van der Waals surface area contributed by atoms with Crippen molar-refractivity contribution in [2.24, 2.45) is 0 Å². The van der Waals surface area contributed by atoms with Gasteiger partial charge in [0.1, 0.15) is 10.7 Å². The van der Waals surface area contributed by atoms with E-state index >= 15 is 0 Å². The van der Waals surface area contributed by atoms with Crippen molar-refractivity contribution in [1.29, 1.82) is 0 Å². The first kappa shape index (κ1) is 18.6. The highest BCUT2D eigenvalue weighted by atomic mass is 32.2. The van der Waals surface area contributed by atoms with E-state index in [9.17, 15) is 8.42 Å². The number of anilines is 1. The molecule has 1 fully saturated rings. The number of rotatable bonds is 6. The Morgan fingerprint density at radius 2 is 1.75 bits per heavy atom. The minimum absolute atomic E-state index is 0.247. The van der Waals surface area contributed by atoms with Crippen LogP contribution in [0, 0.1) is 0 Å². The van der Waals surface area contributed by atoms with E-state index in [4.69, 9.17) is 0 Å². The fraction of sp³-hybridized carbons (Fsp3) is 0.300. The van der Waals surface area contributed by atoms with Crippen molar-refractivity contribution in [2.75, 3.05) is 18.4 Å². The molecular weight excluding hydrogens is 374 g/mol. The second-order valence-corrected chi connectivity index (χ2v) is 8.76. The zero-order valence-corrected chi connectivity index (χ0v) is 16.3. The van der Waals surface area contributed by atoms with Crippen LogP contribution in [0.3, 0.4) is 0 Å². The monoisotopic (exact) mass is 397 g/mol. The van der Waals surface area contributed by atoms with E-state index in [1.165, 1.54) is 6.20 Å². The van der Waals surface area contributed by atoms with Gasteiger partial charge in [-0.1, -0.05) is 24.6 Å². The van der Waals surface area contributed by atoms with E-state index in [-0.39, 0.29) is 4.90 Å². The lowest BCUT2D eigenvalue weighted by Gasteiger charge is -2.25. The van der Waals surface area contributed by atoms with Crippen molar-refractivity contribution >= 4 is 15.8 Å². The Labute approximate surface area is 165 Å². The van der Waals surface area contributed by atoms with Crippen LogP contribution >= 0.6 is 0 Å². The van der Waals surface area contributed by atoms with E-state index in [0.717, 1.165) is 30.5 Å². The van der Waals surface area contributed by atoms with Crippen LogP contribution in [0.5, 0.6) is 0 Å². The number of piperidine rings is 1. The molecule has 8 heteroatoms. The molecule has 7 nitrogen and oxygen atoms in total. The zero-order chi connectivity index (χ0) is 19.4. The molecule has 0 amide bonds. The smallest absolute Gasteiger partial charge is 0.244 e. The van der Waals surface area contributed by atoms with Crippen LogP contribution in [-0.4, -0.2) is 40.6 Å². The predicted molar refractivity (Wildman–Crippen MR) is 108 cm³/mol. The topological polar surface area (TPSA) is 80.1 Å². The molecule has 0 aliphatic carbocycles. The molecule has 1 aromatic carbocycles. The quantitative estimate of drug-likeness (QED) is 0.691. The minimum Gasteiger partial charge on any atom is -0.366 e. The second kappa shape index (κ2) is 8.12. The number of nitrogens with one attached hydrogen (secondary N) is 1. The van der Waals surface area contributed by atoms with Crippen LogP contribution in [-0.2, 0) is 16.6 Å². The Balaban J connectivity index is 1.39. The summed E-state index contributed by atoms with van der Waals surface area (Å²) in [5.41, 5.74) is 2.01. The minimum atomic E-state index is -3.44. The molecule has 4 rings (SSSR count). The van der Waals surface area contributed by atoms with Crippen LogP contribution in [0.4, 0.5) is 5.82 Å². The van der Waals surface area contributed by atoms with Gasteiger partial charge in [-0.15, -0.1) is 0 Å². The van der Waals surface area contributed by atoms with Gasteiger partial charge in [-0.05, 0) is 37.1 Å². The number of para-hydroxylation sites is 1. The normalized spacial score (nSPS) is 15.4. The largest absolute Gasteiger partial charge is 0.366 e. The summed E-state index contributed by atoms with van der Waals surface area (Å²) in [5, 5.41) is 7.58. The molecular formula is C20H23N5O2S. The van der Waals surface area contributed by atoms with Crippen molar-refractivity contribution in [3.8, 4) is 5.69 Å². The van der Waals surface area contributed by atoms with Gasteiger partial charge in [0.05, 0.1) is 11.9 Å². The number of aromatic nitrogens is 3. The lowest BCUT2D eigenvalue weighted by atomic mass is 10.2. The predicted octanol–water partition coefficient (Wildman–Crippen LogP) is 3.05. The van der Waals surface area contributed by atoms with Crippen LogP contribution < -0.4 is 5.32 Å². The Morgan fingerprint density at radius 1 is 0.964 bits per heavy atom. The standard InChI is InChI=1S/C20H23N5O2S/c26-28(27,24-11-5-2-6-12-24)19-9-10-20(22-15-19)21-13-17-14-23-25(16-17)18-7-3-1-4-8-18/h1,3-4,7-10,14-16H,2,5-6,11-13H2,(H,21,22). The van der Waals surface area contributed by atoms with Crippen molar-refractivity contribution in [2.45, 2.75) is 30.7 Å². The first-order valence-corrected chi connectivity index (χ1v) is 10.9. The summed E-state index contributed by atoms with van der Waals surface area (Å²) in [7, 11) is -3.44. The van der Waals surface area contributed by atoms with Gasteiger partial charge in [0.25, 0.3) is 0 Å².